The second kappa shape index (κ2) is 13.6. The summed E-state index contributed by atoms with van der Waals surface area (Å²) >= 11 is 9.33. The molecule has 0 spiro atoms. The molecule has 0 saturated carbocycles. The lowest BCUT2D eigenvalue weighted by Crippen LogP contribution is -2.51. The molecule has 1 N–H and O–H groups in total. The van der Waals surface area contributed by atoms with Gasteiger partial charge >= 0.3 is 11.7 Å². The highest BCUT2D eigenvalue weighted by atomic mass is 35.5. The molecular weight excluding hydrogens is 613 g/mol. The van der Waals surface area contributed by atoms with Crippen LogP contribution < -0.4 is 16.6 Å². The van der Waals surface area contributed by atoms with E-state index in [0.717, 1.165) is 27.1 Å². The lowest BCUT2D eigenvalue weighted by molar-refractivity contribution is -0.133. The Hall–Kier alpha value is -3.22. The van der Waals surface area contributed by atoms with Crippen molar-refractivity contribution >= 4 is 52.8 Å². The smallest absolute Gasteiger partial charge is 0.331 e. The molecule has 228 valence electrons. The predicted octanol–water partition coefficient (Wildman–Crippen LogP) is 4.64. The first-order valence-electron chi connectivity index (χ1n) is 14.0. The lowest BCUT2D eigenvalue weighted by Gasteiger charge is -2.38. The molecule has 3 heterocycles. The van der Waals surface area contributed by atoms with E-state index in [-0.39, 0.29) is 47.2 Å². The highest BCUT2D eigenvalue weighted by molar-refractivity contribution is 7.98. The zero-order valence-electron chi connectivity index (χ0n) is 24.0. The Labute approximate surface area is 262 Å². The molecule has 2 aromatic carbocycles. The number of thioether (sulfide) groups is 2. The normalized spacial score (nSPS) is 15.7. The van der Waals surface area contributed by atoms with E-state index in [1.165, 1.54) is 40.7 Å². The maximum Gasteiger partial charge on any atom is 0.331 e. The van der Waals surface area contributed by atoms with E-state index >= 15 is 0 Å². The van der Waals surface area contributed by atoms with Crippen molar-refractivity contribution in [2.24, 2.45) is 0 Å². The summed E-state index contributed by atoms with van der Waals surface area (Å²) in [5.74, 6) is -0.452. The van der Waals surface area contributed by atoms with Gasteiger partial charge in [-0.3, -0.25) is 18.7 Å². The third-order valence-corrected chi connectivity index (χ3v) is 9.70. The van der Waals surface area contributed by atoms with Crippen molar-refractivity contribution in [2.45, 2.75) is 43.3 Å². The third kappa shape index (κ3) is 6.66. The van der Waals surface area contributed by atoms with Crippen molar-refractivity contribution in [2.75, 3.05) is 43.2 Å². The molecule has 0 radical (unpaired) electrons. The predicted molar refractivity (Wildman–Crippen MR) is 171 cm³/mol. The molecule has 2 aliphatic rings. The number of fused-ring (bicyclic) bond motifs is 1. The highest BCUT2D eigenvalue weighted by Gasteiger charge is 2.31. The van der Waals surface area contributed by atoms with Gasteiger partial charge in [0.2, 0.25) is 5.91 Å². The summed E-state index contributed by atoms with van der Waals surface area (Å²) < 4.78 is 16.5. The van der Waals surface area contributed by atoms with E-state index in [4.69, 9.17) is 11.6 Å². The van der Waals surface area contributed by atoms with Crippen molar-refractivity contribution in [1.29, 1.82) is 0 Å². The molecule has 2 aliphatic heterocycles. The number of carbonyl (C=O) groups is 2. The van der Waals surface area contributed by atoms with Gasteiger partial charge in [-0.1, -0.05) is 23.7 Å². The molecule has 1 fully saturated rings. The number of halogens is 2. The molecule has 43 heavy (non-hydrogen) atoms. The Balaban J connectivity index is 1.30. The van der Waals surface area contributed by atoms with Gasteiger partial charge in [-0.25, -0.2) is 14.0 Å². The number of nitrogens with one attached hydrogen (secondary N) is 1. The van der Waals surface area contributed by atoms with E-state index in [2.05, 4.69) is 11.4 Å². The quantitative estimate of drug-likeness (QED) is 0.359. The first kappa shape index (κ1) is 31.2. The van der Waals surface area contributed by atoms with Crippen LogP contribution >= 0.6 is 35.1 Å². The molecule has 0 bridgehead atoms. The molecule has 0 aliphatic carbocycles. The number of urea groups is 1. The van der Waals surface area contributed by atoms with Gasteiger partial charge in [0.25, 0.3) is 5.56 Å². The van der Waals surface area contributed by atoms with Crippen LogP contribution in [0, 0.1) is 5.82 Å². The Morgan fingerprint density at radius 2 is 1.84 bits per heavy atom. The van der Waals surface area contributed by atoms with Gasteiger partial charge in [0, 0.05) is 60.3 Å². The SMILES string of the molecule is CSCCn1c(=O)c(-c2cccc(F)c2Cl)cn(CC(=O)N2CCC(N3CCc4cc(SC)ccc4NC3=O)CC2)c1=O. The van der Waals surface area contributed by atoms with E-state index in [0.29, 0.717) is 38.2 Å². The standard InChI is InChI=1S/C30H33ClFN5O4S2/c1-42-15-14-37-28(39)23(22-4-3-5-24(32)27(22)31)17-35(30(37)41)18-26(38)34-11-9-20(10-12-34)36-13-8-19-16-21(43-2)6-7-25(19)33-29(36)40/h3-7,16-17,20H,8-15,18H2,1-2H3,(H,33,40). The molecule has 3 aromatic rings. The summed E-state index contributed by atoms with van der Waals surface area (Å²) in [5, 5.41) is 2.82. The fourth-order valence-electron chi connectivity index (χ4n) is 5.62. The van der Waals surface area contributed by atoms with Gasteiger partial charge < -0.3 is 15.1 Å². The van der Waals surface area contributed by atoms with Crippen LogP contribution in [0.4, 0.5) is 14.9 Å². The number of carbonyl (C=O) groups excluding carboxylic acids is 2. The number of amides is 3. The molecular formula is C30H33ClFN5O4S2. The summed E-state index contributed by atoms with van der Waals surface area (Å²) in [7, 11) is 0. The van der Waals surface area contributed by atoms with Crippen molar-refractivity contribution in [3.63, 3.8) is 0 Å². The third-order valence-electron chi connectivity index (χ3n) is 8.00. The van der Waals surface area contributed by atoms with Crippen LogP contribution in [-0.2, 0) is 24.3 Å². The average Bonchev–Trinajstić information content (AvgIpc) is 3.17. The Morgan fingerprint density at radius 1 is 1.07 bits per heavy atom. The number of hydrogen-bond acceptors (Lipinski definition) is 6. The van der Waals surface area contributed by atoms with Crippen molar-refractivity contribution in [3.05, 3.63) is 79.8 Å². The van der Waals surface area contributed by atoms with Crippen LogP contribution in [0.3, 0.4) is 0 Å². The van der Waals surface area contributed by atoms with Crippen LogP contribution in [0.5, 0.6) is 0 Å². The number of aromatic nitrogens is 2. The molecule has 0 unspecified atom stereocenters. The van der Waals surface area contributed by atoms with Crippen LogP contribution in [0.2, 0.25) is 5.02 Å². The lowest BCUT2D eigenvalue weighted by atomic mass is 10.0. The van der Waals surface area contributed by atoms with E-state index in [1.54, 1.807) is 16.7 Å². The Bertz CT molecular complexity index is 1650. The number of benzene rings is 2. The summed E-state index contributed by atoms with van der Waals surface area (Å²) in [5.41, 5.74) is 0.964. The summed E-state index contributed by atoms with van der Waals surface area (Å²) in [6.07, 6.45) is 7.15. The number of nitrogens with zero attached hydrogens (tertiary/aromatic N) is 4. The van der Waals surface area contributed by atoms with Crippen LogP contribution in [0.1, 0.15) is 18.4 Å². The first-order chi connectivity index (χ1) is 20.7. The summed E-state index contributed by atoms with van der Waals surface area (Å²) in [6.45, 7) is 1.31. The number of rotatable bonds is 8. The summed E-state index contributed by atoms with van der Waals surface area (Å²) in [4.78, 5) is 57.7. The molecule has 0 atom stereocenters. The van der Waals surface area contributed by atoms with Gasteiger partial charge in [-0.05, 0) is 61.6 Å². The second-order valence-electron chi connectivity index (χ2n) is 10.5. The topological polar surface area (TPSA) is 96.7 Å². The largest absolute Gasteiger partial charge is 0.341 e. The second-order valence-corrected chi connectivity index (χ2v) is 12.8. The van der Waals surface area contributed by atoms with Gasteiger partial charge in [-0.2, -0.15) is 11.8 Å². The summed E-state index contributed by atoms with van der Waals surface area (Å²) in [6, 6.07) is 10.1. The minimum Gasteiger partial charge on any atom is -0.341 e. The van der Waals surface area contributed by atoms with Crippen LogP contribution in [-0.4, -0.2) is 74.8 Å². The fraction of sp³-hybridized carbons (Fsp3) is 0.400. The van der Waals surface area contributed by atoms with E-state index < -0.39 is 17.1 Å². The van der Waals surface area contributed by atoms with E-state index in [9.17, 15) is 23.6 Å². The molecule has 1 aromatic heterocycles. The van der Waals surface area contributed by atoms with Gasteiger partial charge in [0.15, 0.2) is 0 Å². The maximum absolute atomic E-state index is 14.2. The zero-order chi connectivity index (χ0) is 30.7. The molecule has 3 amide bonds. The monoisotopic (exact) mass is 645 g/mol. The fourth-order valence-corrected chi connectivity index (χ4v) is 6.68. The van der Waals surface area contributed by atoms with Crippen molar-refractivity contribution < 1.29 is 14.0 Å². The molecule has 13 heteroatoms. The molecule has 5 rings (SSSR count). The minimum absolute atomic E-state index is 0.0173. The van der Waals surface area contributed by atoms with Gasteiger partial charge in [0.05, 0.1) is 10.6 Å². The van der Waals surface area contributed by atoms with Crippen LogP contribution in [0.25, 0.3) is 11.1 Å². The highest BCUT2D eigenvalue weighted by Crippen LogP contribution is 2.29. The average molecular weight is 646 g/mol. The first-order valence-corrected chi connectivity index (χ1v) is 17.0. The zero-order valence-corrected chi connectivity index (χ0v) is 26.4. The minimum atomic E-state index is -0.683. The Kier molecular flexibility index (Phi) is 9.88. The number of anilines is 1. The number of piperidine rings is 1. The number of likely N-dealkylation sites (tertiary alicyclic amines) is 1. The molecule has 9 nitrogen and oxygen atoms in total. The van der Waals surface area contributed by atoms with E-state index in [1.807, 2.05) is 29.5 Å². The molecule has 1 saturated heterocycles. The van der Waals surface area contributed by atoms with Crippen molar-refractivity contribution in [3.8, 4) is 11.1 Å². The van der Waals surface area contributed by atoms with Gasteiger partial charge in [-0.15, -0.1) is 11.8 Å². The maximum atomic E-state index is 14.2. The number of hydrogen-bond donors (Lipinski definition) is 1. The van der Waals surface area contributed by atoms with Crippen molar-refractivity contribution in [1.82, 2.24) is 18.9 Å². The van der Waals surface area contributed by atoms with Crippen LogP contribution in [0.15, 0.2) is 57.1 Å². The van der Waals surface area contributed by atoms with Gasteiger partial charge in [0.1, 0.15) is 12.4 Å². The Morgan fingerprint density at radius 3 is 2.56 bits per heavy atom.